The van der Waals surface area contributed by atoms with E-state index in [1.165, 1.54) is 26.4 Å². The Balaban J connectivity index is 1.86. The third-order valence-electron chi connectivity index (χ3n) is 5.52. The Bertz CT molecular complexity index is 1570. The van der Waals surface area contributed by atoms with E-state index in [0.29, 0.717) is 39.7 Å². The van der Waals surface area contributed by atoms with Gasteiger partial charge in [-0.05, 0) is 24.3 Å². The number of sulfone groups is 1. The van der Waals surface area contributed by atoms with Gasteiger partial charge in [0.25, 0.3) is 5.56 Å². The highest BCUT2D eigenvalue weighted by Crippen LogP contribution is 2.33. The number of hydrogen-bond donors (Lipinski definition) is 2. The molecule has 2 heterocycles. The van der Waals surface area contributed by atoms with E-state index in [1.54, 1.807) is 43.3 Å². The number of aromatic nitrogens is 3. The number of aliphatic hydroxyl groups excluding tert-OH is 1. The minimum atomic E-state index is -3.36. The second kappa shape index (κ2) is 10.3. The fourth-order valence-electron chi connectivity index (χ4n) is 3.66. The number of aromatic amines is 1. The van der Waals surface area contributed by atoms with Crippen LogP contribution in [-0.2, 0) is 9.84 Å². The van der Waals surface area contributed by atoms with Gasteiger partial charge >= 0.3 is 0 Å². The molecule has 4 aromatic rings. The van der Waals surface area contributed by atoms with Crippen LogP contribution in [0.3, 0.4) is 0 Å². The van der Waals surface area contributed by atoms with Gasteiger partial charge in [-0.2, -0.15) is 0 Å². The summed E-state index contributed by atoms with van der Waals surface area (Å²) in [6.45, 7) is 1.43. The molecule has 0 amide bonds. The quantitative estimate of drug-likeness (QED) is 0.347. The Morgan fingerprint density at radius 1 is 0.972 bits per heavy atom. The second-order valence-corrected chi connectivity index (χ2v) is 9.96. The van der Waals surface area contributed by atoms with E-state index in [0.717, 1.165) is 0 Å². The highest BCUT2D eigenvalue weighted by atomic mass is 32.2. The molecular formula is C25H25N3O7S. The van der Waals surface area contributed by atoms with E-state index in [-0.39, 0.29) is 35.1 Å². The molecule has 11 heteroatoms. The first-order valence-electron chi connectivity index (χ1n) is 11.1. The first-order chi connectivity index (χ1) is 17.3. The molecule has 4 rings (SSSR count). The van der Waals surface area contributed by atoms with Crippen molar-refractivity contribution in [2.24, 2.45) is 0 Å². The summed E-state index contributed by atoms with van der Waals surface area (Å²) in [6, 6.07) is 12.8. The normalized spacial score (nSPS) is 11.4. The van der Waals surface area contributed by atoms with Crippen LogP contribution in [0.5, 0.6) is 17.2 Å². The summed E-state index contributed by atoms with van der Waals surface area (Å²) in [5.41, 5.74) is 1.29. The van der Waals surface area contributed by atoms with E-state index < -0.39 is 15.4 Å². The molecule has 2 aromatic carbocycles. The van der Waals surface area contributed by atoms with Crippen molar-refractivity contribution in [3.8, 4) is 40.0 Å². The average molecular weight is 512 g/mol. The van der Waals surface area contributed by atoms with Crippen LogP contribution >= 0.6 is 0 Å². The molecule has 2 N–H and O–H groups in total. The number of methoxy groups -OCH3 is 2. The van der Waals surface area contributed by atoms with Crippen LogP contribution in [-0.4, -0.2) is 61.7 Å². The summed E-state index contributed by atoms with van der Waals surface area (Å²) >= 11 is 0. The predicted octanol–water partition coefficient (Wildman–Crippen LogP) is 2.83. The number of pyridine rings is 1. The summed E-state index contributed by atoms with van der Waals surface area (Å²) in [4.78, 5) is 25.1. The minimum Gasteiger partial charge on any atom is -0.497 e. The molecule has 0 atom stereocenters. The molecule has 2 aromatic heterocycles. The Hall–Kier alpha value is -3.96. The van der Waals surface area contributed by atoms with Gasteiger partial charge in [0.2, 0.25) is 0 Å². The molecule has 0 saturated heterocycles. The fraction of sp³-hybridized carbons (Fsp3) is 0.240. The highest BCUT2D eigenvalue weighted by molar-refractivity contribution is 7.91. The topological polar surface area (TPSA) is 141 Å². The molecular weight excluding hydrogens is 486 g/mol. The number of fused-ring (bicyclic) bond motifs is 1. The van der Waals surface area contributed by atoms with Gasteiger partial charge in [0.1, 0.15) is 40.6 Å². The smallest absolute Gasteiger partial charge is 0.262 e. The van der Waals surface area contributed by atoms with Crippen LogP contribution in [0.4, 0.5) is 0 Å². The van der Waals surface area contributed by atoms with Crippen molar-refractivity contribution in [1.82, 2.24) is 15.0 Å². The lowest BCUT2D eigenvalue weighted by molar-refractivity contribution is 0.201. The highest BCUT2D eigenvalue weighted by Gasteiger charge is 2.17. The molecule has 0 radical (unpaired) electrons. The van der Waals surface area contributed by atoms with Gasteiger partial charge in [0.05, 0.1) is 37.0 Å². The molecule has 0 aliphatic heterocycles. The van der Waals surface area contributed by atoms with Crippen molar-refractivity contribution in [2.75, 3.05) is 33.2 Å². The molecule has 0 bridgehead atoms. The third kappa shape index (κ3) is 4.88. The van der Waals surface area contributed by atoms with Crippen molar-refractivity contribution in [1.29, 1.82) is 0 Å². The molecule has 10 nitrogen and oxygen atoms in total. The van der Waals surface area contributed by atoms with Crippen molar-refractivity contribution < 1.29 is 27.7 Å². The van der Waals surface area contributed by atoms with Gasteiger partial charge in [-0.15, -0.1) is 0 Å². The van der Waals surface area contributed by atoms with Gasteiger partial charge in [0, 0.05) is 17.7 Å². The van der Waals surface area contributed by atoms with E-state index in [2.05, 4.69) is 15.0 Å². The number of rotatable bonds is 9. The number of hydrogen-bond acceptors (Lipinski definition) is 9. The molecule has 0 saturated carbocycles. The zero-order chi connectivity index (χ0) is 25.9. The standard InChI is InChI=1S/C25H25N3O7S/c1-4-36(31,32)17-7-5-15(6-8-17)23-20(35-12-11-29)10-9-18(26-23)24-27-19-13-16(33-2)14-21(34-3)22(19)25(30)28-24/h5-10,13-14,29H,4,11-12H2,1-3H3,(H,27,28,30). The van der Waals surface area contributed by atoms with Gasteiger partial charge in [0.15, 0.2) is 15.7 Å². The van der Waals surface area contributed by atoms with Gasteiger partial charge in [-0.25, -0.2) is 18.4 Å². The van der Waals surface area contributed by atoms with Crippen molar-refractivity contribution in [2.45, 2.75) is 11.8 Å². The van der Waals surface area contributed by atoms with Gasteiger partial charge in [-0.1, -0.05) is 19.1 Å². The number of nitrogens with one attached hydrogen (secondary N) is 1. The molecule has 36 heavy (non-hydrogen) atoms. The lowest BCUT2D eigenvalue weighted by atomic mass is 10.1. The zero-order valence-corrected chi connectivity index (χ0v) is 20.8. The molecule has 0 unspecified atom stereocenters. The van der Waals surface area contributed by atoms with Gasteiger partial charge in [-0.3, -0.25) is 4.79 Å². The zero-order valence-electron chi connectivity index (χ0n) is 19.9. The van der Waals surface area contributed by atoms with E-state index >= 15 is 0 Å². The summed E-state index contributed by atoms with van der Waals surface area (Å²) < 4.78 is 40.7. The van der Waals surface area contributed by atoms with Gasteiger partial charge < -0.3 is 24.3 Å². The van der Waals surface area contributed by atoms with Crippen LogP contribution in [0.15, 0.2) is 58.2 Å². The number of ether oxygens (including phenoxy) is 3. The largest absolute Gasteiger partial charge is 0.497 e. The minimum absolute atomic E-state index is 0.0124. The average Bonchev–Trinajstić information content (AvgIpc) is 2.90. The van der Waals surface area contributed by atoms with Crippen molar-refractivity contribution >= 4 is 20.7 Å². The molecule has 0 spiro atoms. The Kier molecular flexibility index (Phi) is 7.22. The Morgan fingerprint density at radius 3 is 2.36 bits per heavy atom. The van der Waals surface area contributed by atoms with Crippen LogP contribution in [0, 0.1) is 0 Å². The molecule has 0 fully saturated rings. The van der Waals surface area contributed by atoms with Crippen LogP contribution < -0.4 is 19.8 Å². The molecule has 0 aliphatic carbocycles. The number of H-pyrrole nitrogens is 1. The SMILES string of the molecule is CCS(=O)(=O)c1ccc(-c2nc(-c3nc4cc(OC)cc(OC)c4c(=O)[nH]3)ccc2OCCO)cc1. The summed E-state index contributed by atoms with van der Waals surface area (Å²) in [5.74, 6) is 1.38. The van der Waals surface area contributed by atoms with Crippen LogP contribution in [0.2, 0.25) is 0 Å². The number of benzene rings is 2. The summed E-state index contributed by atoms with van der Waals surface area (Å²) in [7, 11) is -0.404. The summed E-state index contributed by atoms with van der Waals surface area (Å²) in [5, 5.41) is 9.48. The van der Waals surface area contributed by atoms with E-state index in [1.807, 2.05) is 0 Å². The molecule has 0 aliphatic rings. The Morgan fingerprint density at radius 2 is 1.72 bits per heavy atom. The third-order valence-corrected chi connectivity index (χ3v) is 7.27. The number of aliphatic hydroxyl groups is 1. The lowest BCUT2D eigenvalue weighted by Crippen LogP contribution is -2.12. The monoisotopic (exact) mass is 511 g/mol. The van der Waals surface area contributed by atoms with Crippen molar-refractivity contribution in [3.63, 3.8) is 0 Å². The first-order valence-corrected chi connectivity index (χ1v) is 12.7. The fourth-order valence-corrected chi connectivity index (χ4v) is 4.54. The number of nitrogens with zero attached hydrogens (tertiary/aromatic N) is 2. The van der Waals surface area contributed by atoms with Crippen LogP contribution in [0.25, 0.3) is 33.7 Å². The van der Waals surface area contributed by atoms with E-state index in [9.17, 15) is 18.3 Å². The summed E-state index contributed by atoms with van der Waals surface area (Å²) in [6.07, 6.45) is 0. The Labute approximate surface area is 207 Å². The first kappa shape index (κ1) is 25.1. The van der Waals surface area contributed by atoms with E-state index in [4.69, 9.17) is 14.2 Å². The lowest BCUT2D eigenvalue weighted by Gasteiger charge is -2.13. The second-order valence-electron chi connectivity index (χ2n) is 7.68. The van der Waals surface area contributed by atoms with Crippen molar-refractivity contribution in [3.05, 3.63) is 58.9 Å². The maximum absolute atomic E-state index is 12.9. The molecule has 188 valence electrons. The van der Waals surface area contributed by atoms with Crippen LogP contribution in [0.1, 0.15) is 6.92 Å². The maximum Gasteiger partial charge on any atom is 0.262 e. The predicted molar refractivity (Wildman–Crippen MR) is 134 cm³/mol. The maximum atomic E-state index is 12.9.